The van der Waals surface area contributed by atoms with Crippen molar-refractivity contribution in [3.8, 4) is 12.1 Å². The smallest absolute Gasteiger partial charge is 0.407 e. The van der Waals surface area contributed by atoms with Crippen molar-refractivity contribution in [3.63, 3.8) is 0 Å². The van der Waals surface area contributed by atoms with Gasteiger partial charge in [0.15, 0.2) is 0 Å². The fourth-order valence-electron chi connectivity index (χ4n) is 13.1. The second-order valence-electron chi connectivity index (χ2n) is 22.0. The minimum atomic E-state index is -1.02. The number of imidazole rings is 2. The maximum atomic E-state index is 14.3. The molecule has 2 saturated heterocycles. The zero-order valence-electron chi connectivity index (χ0n) is 45.0. The summed E-state index contributed by atoms with van der Waals surface area (Å²) >= 11 is 0. The van der Waals surface area contributed by atoms with Gasteiger partial charge in [-0.3, -0.25) is 9.59 Å². The summed E-state index contributed by atoms with van der Waals surface area (Å²) in [5.74, 6) is 2.13. The lowest BCUT2D eigenvalue weighted by atomic mass is 9.84. The third kappa shape index (κ3) is 11.3. The van der Waals surface area contributed by atoms with Crippen molar-refractivity contribution in [1.82, 2.24) is 40.4 Å². The topological polar surface area (TPSA) is 222 Å². The molecule has 76 heavy (non-hydrogen) atoms. The maximum absolute atomic E-state index is 14.3. The summed E-state index contributed by atoms with van der Waals surface area (Å²) in [5.41, 5.74) is 10.6. The highest BCUT2D eigenvalue weighted by Crippen LogP contribution is 2.48. The average molecular weight is 1030 g/mol. The Morgan fingerprint density at radius 1 is 0.750 bits per heavy atom. The van der Waals surface area contributed by atoms with Crippen LogP contribution in [0.25, 0.3) is 33.2 Å². The van der Waals surface area contributed by atoms with Crippen LogP contribution in [0.5, 0.6) is 0 Å². The summed E-state index contributed by atoms with van der Waals surface area (Å²) in [5, 5.41) is 24.5. The van der Waals surface area contributed by atoms with Gasteiger partial charge in [-0.15, -0.1) is 0 Å². The van der Waals surface area contributed by atoms with E-state index in [-0.39, 0.29) is 54.7 Å². The Morgan fingerprint density at radius 3 is 1.83 bits per heavy atom. The van der Waals surface area contributed by atoms with Crippen LogP contribution in [0, 0.1) is 46.3 Å². The Hall–Kier alpha value is -7.20. The number of nitriles is 2. The first-order valence-corrected chi connectivity index (χ1v) is 27.6. The van der Waals surface area contributed by atoms with E-state index >= 15 is 0 Å². The van der Waals surface area contributed by atoms with Crippen molar-refractivity contribution in [2.75, 3.05) is 14.2 Å². The zero-order valence-corrected chi connectivity index (χ0v) is 45.0. The highest BCUT2D eigenvalue weighted by atomic mass is 16.5. The van der Waals surface area contributed by atoms with Crippen LogP contribution >= 0.6 is 0 Å². The first-order chi connectivity index (χ1) is 36.8. The number of alkyl carbamates (subject to hydrolysis) is 2. The Balaban J connectivity index is 0.973. The number of nitrogens with zero attached hydrogens (tertiary/aromatic N) is 6. The van der Waals surface area contributed by atoms with E-state index in [1.807, 2.05) is 9.80 Å². The summed E-state index contributed by atoms with van der Waals surface area (Å²) in [6.45, 7) is 8.93. The van der Waals surface area contributed by atoms with Gasteiger partial charge in [-0.1, -0.05) is 81.5 Å². The number of carbonyl (C=O) groups excluding carboxylic acids is 4. The quantitative estimate of drug-likeness (QED) is 0.118. The number of fused-ring (bicyclic) bond motifs is 4. The summed E-state index contributed by atoms with van der Waals surface area (Å²) in [6, 6.07) is 14.3. The molecule has 0 unspecified atom stereocenters. The third-order valence-corrected chi connectivity index (χ3v) is 17.3. The lowest BCUT2D eigenvalue weighted by Crippen LogP contribution is -2.51. The normalized spacial score (nSPS) is 28.1. The van der Waals surface area contributed by atoms with Crippen molar-refractivity contribution in [1.29, 1.82) is 10.5 Å². The number of allylic oxidation sites excluding steroid dienone is 8. The molecule has 10 atom stereocenters. The third-order valence-electron chi connectivity index (χ3n) is 17.3. The highest BCUT2D eigenvalue weighted by molar-refractivity contribution is 5.89. The number of hydrogen-bond donors (Lipinski definition) is 4. The van der Waals surface area contributed by atoms with Crippen molar-refractivity contribution in [3.05, 3.63) is 94.6 Å². The molecule has 4 fully saturated rings. The van der Waals surface area contributed by atoms with Crippen molar-refractivity contribution in [2.45, 2.75) is 167 Å². The molecule has 9 rings (SSSR count). The lowest BCUT2D eigenvalue weighted by Gasteiger charge is -2.35. The second kappa shape index (κ2) is 23.8. The number of hydrogen-bond acceptors (Lipinski definition) is 10. The Kier molecular flexibility index (Phi) is 16.8. The summed E-state index contributed by atoms with van der Waals surface area (Å²) in [6.07, 6.45) is 20.8. The van der Waals surface area contributed by atoms with E-state index in [0.717, 1.165) is 135 Å². The molecule has 0 bridgehead atoms. The minimum absolute atomic E-state index is 0.0101. The number of amides is 4. The minimum Gasteiger partial charge on any atom is -0.453 e. The monoisotopic (exact) mass is 1030 g/mol. The van der Waals surface area contributed by atoms with Gasteiger partial charge in [0.25, 0.3) is 0 Å². The number of ether oxygens (including phenoxy) is 2. The molecule has 2 aliphatic heterocycles. The van der Waals surface area contributed by atoms with E-state index < -0.39 is 24.3 Å². The van der Waals surface area contributed by atoms with E-state index in [9.17, 15) is 29.7 Å². The van der Waals surface area contributed by atoms with E-state index in [1.165, 1.54) is 36.5 Å². The van der Waals surface area contributed by atoms with Crippen LogP contribution in [-0.4, -0.2) is 92.1 Å². The van der Waals surface area contributed by atoms with E-state index in [1.54, 1.807) is 0 Å². The number of carbonyl (C=O) groups is 4. The van der Waals surface area contributed by atoms with Crippen molar-refractivity contribution >= 4 is 57.2 Å². The van der Waals surface area contributed by atoms with Crippen LogP contribution < -0.4 is 10.6 Å². The van der Waals surface area contributed by atoms with Crippen LogP contribution in [0.2, 0.25) is 0 Å². The highest BCUT2D eigenvalue weighted by Gasteiger charge is 2.49. The summed E-state index contributed by atoms with van der Waals surface area (Å²) in [4.78, 5) is 74.5. The predicted octanol–water partition coefficient (Wildman–Crippen LogP) is 11.6. The molecule has 4 amide bonds. The molecule has 5 aliphatic rings. The van der Waals surface area contributed by atoms with E-state index in [2.05, 4.69) is 121 Å². The molecular weight excluding hydrogens is 957 g/mol. The number of H-pyrrole nitrogens is 2. The largest absolute Gasteiger partial charge is 0.453 e. The maximum Gasteiger partial charge on any atom is 0.407 e. The number of aromatic nitrogens is 4. The number of likely N-dealkylation sites (tertiary alicyclic amines) is 2. The summed E-state index contributed by atoms with van der Waals surface area (Å²) < 4.78 is 9.65. The molecule has 2 aromatic heterocycles. The lowest BCUT2D eigenvalue weighted by molar-refractivity contribution is -0.138. The Morgan fingerprint density at radius 2 is 1.29 bits per heavy atom. The molecule has 16 nitrogen and oxygen atoms in total. The fourth-order valence-corrected chi connectivity index (χ4v) is 13.1. The Bertz CT molecular complexity index is 3040. The molecule has 0 spiro atoms. The van der Waals surface area contributed by atoms with Gasteiger partial charge >= 0.3 is 12.2 Å². The van der Waals surface area contributed by atoms with E-state index in [0.29, 0.717) is 17.8 Å². The first-order valence-electron chi connectivity index (χ1n) is 27.6. The van der Waals surface area contributed by atoms with Crippen LogP contribution in [0.4, 0.5) is 9.59 Å². The van der Waals surface area contributed by atoms with Gasteiger partial charge in [0.2, 0.25) is 11.8 Å². The van der Waals surface area contributed by atoms with Gasteiger partial charge in [0.1, 0.15) is 23.7 Å². The van der Waals surface area contributed by atoms with Gasteiger partial charge in [-0.25, -0.2) is 19.6 Å². The van der Waals surface area contributed by atoms with Crippen LogP contribution in [0.1, 0.15) is 165 Å². The number of benzene rings is 2. The van der Waals surface area contributed by atoms with Gasteiger partial charge < -0.3 is 39.9 Å². The summed E-state index contributed by atoms with van der Waals surface area (Å²) in [7, 11) is 2.50. The number of methoxy groups -OCH3 is 2. The van der Waals surface area contributed by atoms with Crippen LogP contribution in [-0.2, 0) is 19.1 Å². The van der Waals surface area contributed by atoms with Crippen molar-refractivity contribution in [2.24, 2.45) is 23.7 Å². The predicted molar refractivity (Wildman–Crippen MR) is 291 cm³/mol. The second-order valence-corrected chi connectivity index (χ2v) is 22.0. The molecule has 3 aliphatic carbocycles. The molecule has 4 aromatic rings. The molecule has 4 N–H and O–H groups in total. The number of aromatic amines is 2. The van der Waals surface area contributed by atoms with Gasteiger partial charge in [-0.2, -0.15) is 10.5 Å². The molecule has 2 aromatic carbocycles. The molecule has 16 heteroatoms. The van der Waals surface area contributed by atoms with Crippen LogP contribution in [0.15, 0.2) is 71.8 Å². The molecule has 4 heterocycles. The standard InChI is InChI=1S/C60H74N10O6/c1-7-38-19-21-39(37(4)40-22-24-45-49(31-40)65-55(63-45)53-33-42-12-8-10-14-51(42)69(53)57(71)47(26-28-61)67-59(73)75-5)20-17-35(2)16-18-36(3)44(30-38)41-23-25-46-50(32-41)66-56(64-46)54-34-43-13-9-11-15-52(43)70(54)58(72)48(27-29-62)68-60(74)76-6/h7,17,20,22-25,30-32,35-36,42-43,47-48,51-54H,8-16,18-19,21,26-27,33-34H2,1-6H3,(H,63,65)(H,64,66)(H,67,73)(H,68,74)/b20-17-,38-7-,39-37-,44-30+/t35-,36-,42+,43+,47+,48+,51+,52+,53+,54+/m1/s1. The van der Waals surface area contributed by atoms with Gasteiger partial charge in [-0.05, 0) is 154 Å². The first kappa shape index (κ1) is 53.6. The number of rotatable bonds is 10. The van der Waals surface area contributed by atoms with E-state index in [4.69, 9.17) is 19.4 Å². The average Bonchev–Trinajstić information content (AvgIpc) is 4.26. The zero-order chi connectivity index (χ0) is 53.6. The SMILES string of the molecule is C/C=C1\C=C(\c2ccc3nc([C@@H]4C[C@@H]5CCCC[C@@H]5N4C(=O)[C@H](CC#N)NC(=O)OC)[nH]c3c2)[C@H](C)CC[C@@H](C)/C=C\C(=C(/C)c2ccc3nc([C@@H]4C[C@@H]5CCCC[C@@H]5N4C(=O)[C@H](CC#N)NC(=O)OC)[nH]c3c2)CC1. The molecule has 2 saturated carbocycles. The van der Waals surface area contributed by atoms with Crippen molar-refractivity contribution < 1.29 is 28.7 Å². The van der Waals surface area contributed by atoms with Crippen LogP contribution in [0.3, 0.4) is 0 Å². The van der Waals surface area contributed by atoms with Gasteiger partial charge in [0.05, 0.1) is 73.4 Å². The molecule has 400 valence electrons. The Labute approximate surface area is 446 Å². The number of nitrogens with one attached hydrogen (secondary N) is 4. The fraction of sp³-hybridized carbons (Fsp3) is 0.533. The molecular formula is C60H74N10O6. The van der Waals surface area contributed by atoms with Gasteiger partial charge in [0, 0.05) is 12.1 Å². The molecule has 0 radical (unpaired) electrons.